The molecule has 7 nitrogen and oxygen atoms in total. The molecule has 1 aliphatic heterocycles. The number of fused-ring (bicyclic) bond motifs is 2. The molecule has 3 N–H and O–H groups in total. The SMILES string of the molecule is CSC1=Nc2cc(CCC3(C)C[C@@H](OC(C)(C)O)C(n4ccc5c(N)ncnc54)[C@H]3C)ccc2C1(C)C. The molecule has 0 spiro atoms. The van der Waals surface area contributed by atoms with Gasteiger partial charge in [0.05, 0.1) is 28.3 Å². The van der Waals surface area contributed by atoms with Gasteiger partial charge in [0.1, 0.15) is 17.8 Å². The van der Waals surface area contributed by atoms with Crippen molar-refractivity contribution < 1.29 is 9.84 Å². The summed E-state index contributed by atoms with van der Waals surface area (Å²) in [6.07, 6.45) is 8.30. The van der Waals surface area contributed by atoms with Crippen LogP contribution in [-0.2, 0) is 16.6 Å². The number of aliphatic hydroxyl groups is 1. The van der Waals surface area contributed by atoms with E-state index in [0.29, 0.717) is 5.82 Å². The van der Waals surface area contributed by atoms with Crippen molar-refractivity contribution in [3.63, 3.8) is 0 Å². The van der Waals surface area contributed by atoms with Crippen LogP contribution < -0.4 is 5.73 Å². The zero-order valence-electron chi connectivity index (χ0n) is 22.9. The van der Waals surface area contributed by atoms with Crippen molar-refractivity contribution in [2.45, 2.75) is 84.2 Å². The number of benzene rings is 1. The number of nitrogen functional groups attached to an aromatic ring is 1. The maximum atomic E-state index is 10.6. The normalized spacial score (nSPS) is 27.0. The fourth-order valence-electron chi connectivity index (χ4n) is 6.41. The lowest BCUT2D eigenvalue weighted by Gasteiger charge is -2.32. The Kier molecular flexibility index (Phi) is 6.44. The number of thioether (sulfide) groups is 1. The van der Waals surface area contributed by atoms with Gasteiger partial charge in [-0.05, 0) is 87.8 Å². The molecule has 4 atom stereocenters. The lowest BCUT2D eigenvalue weighted by atomic mass is 9.75. The van der Waals surface area contributed by atoms with E-state index in [2.05, 4.69) is 66.7 Å². The monoisotopic (exact) mass is 521 g/mol. The van der Waals surface area contributed by atoms with Crippen molar-refractivity contribution in [2.24, 2.45) is 16.3 Å². The average molecular weight is 522 g/mol. The fraction of sp³-hybridized carbons (Fsp3) is 0.552. The van der Waals surface area contributed by atoms with Gasteiger partial charge in [-0.25, -0.2) is 15.0 Å². The molecule has 3 heterocycles. The second kappa shape index (κ2) is 9.10. The first-order valence-electron chi connectivity index (χ1n) is 13.1. The van der Waals surface area contributed by atoms with Gasteiger partial charge in [-0.1, -0.05) is 26.0 Å². The van der Waals surface area contributed by atoms with Crippen LogP contribution in [0.3, 0.4) is 0 Å². The fourth-order valence-corrected chi connectivity index (χ4v) is 7.22. The molecule has 2 unspecified atom stereocenters. The molecular formula is C29H39N5O2S. The minimum atomic E-state index is -1.23. The Bertz CT molecular complexity index is 1360. The Morgan fingerprint density at radius 3 is 2.68 bits per heavy atom. The summed E-state index contributed by atoms with van der Waals surface area (Å²) in [4.78, 5) is 13.6. The molecule has 8 heteroatoms. The predicted octanol–water partition coefficient (Wildman–Crippen LogP) is 6.03. The minimum absolute atomic E-state index is 0.00172. The third-order valence-electron chi connectivity index (χ3n) is 8.63. The van der Waals surface area contributed by atoms with Crippen LogP contribution >= 0.6 is 11.8 Å². The number of aliphatic imine (C=N–C) groups is 1. The number of hydrogen-bond acceptors (Lipinski definition) is 7. The van der Waals surface area contributed by atoms with Crippen LogP contribution in [-0.4, -0.2) is 42.8 Å². The molecule has 2 aromatic heterocycles. The van der Waals surface area contributed by atoms with Crippen molar-refractivity contribution in [2.75, 3.05) is 12.0 Å². The number of anilines is 1. The first-order chi connectivity index (χ1) is 17.3. The van der Waals surface area contributed by atoms with Gasteiger partial charge in [0, 0.05) is 11.6 Å². The molecule has 0 amide bonds. The minimum Gasteiger partial charge on any atom is -0.383 e. The van der Waals surface area contributed by atoms with Crippen LogP contribution in [0.1, 0.15) is 71.6 Å². The van der Waals surface area contributed by atoms with E-state index in [1.807, 2.05) is 12.3 Å². The summed E-state index contributed by atoms with van der Waals surface area (Å²) < 4.78 is 8.46. The highest BCUT2D eigenvalue weighted by atomic mass is 32.2. The molecule has 2 aliphatic rings. The predicted molar refractivity (Wildman–Crippen MR) is 152 cm³/mol. The third-order valence-corrected chi connectivity index (χ3v) is 9.62. The number of aryl methyl sites for hydroxylation is 1. The molecule has 0 saturated heterocycles. The van der Waals surface area contributed by atoms with E-state index in [9.17, 15) is 5.11 Å². The summed E-state index contributed by atoms with van der Waals surface area (Å²) in [6.45, 7) is 12.6. The number of aromatic nitrogens is 3. The number of nitrogens with zero attached hydrogens (tertiary/aromatic N) is 4. The van der Waals surface area contributed by atoms with E-state index < -0.39 is 5.79 Å². The van der Waals surface area contributed by atoms with E-state index in [1.54, 1.807) is 25.6 Å². The average Bonchev–Trinajstić information content (AvgIpc) is 3.42. The Labute approximate surface area is 223 Å². The zero-order valence-corrected chi connectivity index (χ0v) is 23.8. The maximum absolute atomic E-state index is 10.6. The zero-order chi connectivity index (χ0) is 26.8. The van der Waals surface area contributed by atoms with Crippen molar-refractivity contribution in [3.8, 4) is 0 Å². The van der Waals surface area contributed by atoms with E-state index in [-0.39, 0.29) is 28.9 Å². The topological polar surface area (TPSA) is 98.5 Å². The van der Waals surface area contributed by atoms with Crippen LogP contribution in [0.2, 0.25) is 0 Å². The Balaban J connectivity index is 1.43. The summed E-state index contributed by atoms with van der Waals surface area (Å²) in [5.74, 6) is -0.477. The molecule has 1 aromatic carbocycles. The van der Waals surface area contributed by atoms with E-state index in [0.717, 1.165) is 36.0 Å². The third kappa shape index (κ3) is 4.57. The Morgan fingerprint density at radius 1 is 1.22 bits per heavy atom. The largest absolute Gasteiger partial charge is 0.383 e. The molecule has 0 radical (unpaired) electrons. The number of nitrogens with two attached hydrogens (primary N) is 1. The van der Waals surface area contributed by atoms with Gasteiger partial charge in [-0.2, -0.15) is 0 Å². The van der Waals surface area contributed by atoms with Gasteiger partial charge in [0.15, 0.2) is 5.79 Å². The van der Waals surface area contributed by atoms with E-state index in [1.165, 1.54) is 22.5 Å². The van der Waals surface area contributed by atoms with Gasteiger partial charge in [0.25, 0.3) is 0 Å². The molecule has 3 aromatic rings. The Morgan fingerprint density at radius 2 is 1.97 bits per heavy atom. The highest BCUT2D eigenvalue weighted by Crippen LogP contribution is 2.54. The second-order valence-electron chi connectivity index (χ2n) is 12.1. The van der Waals surface area contributed by atoms with Gasteiger partial charge in [0.2, 0.25) is 0 Å². The van der Waals surface area contributed by atoms with Crippen molar-refractivity contribution in [3.05, 3.63) is 47.9 Å². The van der Waals surface area contributed by atoms with Crippen LogP contribution in [0.4, 0.5) is 11.5 Å². The summed E-state index contributed by atoms with van der Waals surface area (Å²) in [5, 5.41) is 12.6. The second-order valence-corrected chi connectivity index (χ2v) is 12.9. The smallest absolute Gasteiger partial charge is 0.160 e. The molecule has 0 bridgehead atoms. The van der Waals surface area contributed by atoms with Gasteiger partial charge >= 0.3 is 0 Å². The molecule has 37 heavy (non-hydrogen) atoms. The van der Waals surface area contributed by atoms with Crippen LogP contribution in [0.25, 0.3) is 11.0 Å². The first-order valence-corrected chi connectivity index (χ1v) is 14.3. The van der Waals surface area contributed by atoms with Crippen molar-refractivity contribution in [1.82, 2.24) is 14.5 Å². The van der Waals surface area contributed by atoms with Gasteiger partial charge in [-0.15, -0.1) is 11.8 Å². The molecule has 1 aliphatic carbocycles. The summed E-state index contributed by atoms with van der Waals surface area (Å²) in [5.41, 5.74) is 10.6. The van der Waals surface area contributed by atoms with Crippen molar-refractivity contribution in [1.29, 1.82) is 0 Å². The summed E-state index contributed by atoms with van der Waals surface area (Å²) in [6, 6.07) is 8.78. The first kappa shape index (κ1) is 26.2. The lowest BCUT2D eigenvalue weighted by molar-refractivity contribution is -0.212. The maximum Gasteiger partial charge on any atom is 0.160 e. The van der Waals surface area contributed by atoms with Crippen LogP contribution in [0, 0.1) is 11.3 Å². The van der Waals surface area contributed by atoms with E-state index in [4.69, 9.17) is 15.5 Å². The number of hydrogen-bond donors (Lipinski definition) is 2. The van der Waals surface area contributed by atoms with Crippen LogP contribution in [0.5, 0.6) is 0 Å². The summed E-state index contributed by atoms with van der Waals surface area (Å²) in [7, 11) is 0. The van der Waals surface area contributed by atoms with Crippen LogP contribution in [0.15, 0.2) is 41.8 Å². The van der Waals surface area contributed by atoms with Gasteiger partial charge < -0.3 is 20.1 Å². The highest BCUT2D eigenvalue weighted by Gasteiger charge is 2.51. The lowest BCUT2D eigenvalue weighted by Crippen LogP contribution is -2.34. The molecule has 1 saturated carbocycles. The highest BCUT2D eigenvalue weighted by molar-refractivity contribution is 8.13. The van der Waals surface area contributed by atoms with Gasteiger partial charge in [-0.3, -0.25) is 0 Å². The molecular weight excluding hydrogens is 482 g/mol. The number of ether oxygens (including phenoxy) is 1. The molecule has 198 valence electrons. The molecule has 5 rings (SSSR count). The molecule has 1 fully saturated rings. The number of rotatable bonds is 6. The standard InChI is InChI=1S/C29H39N5O2S/c1-17-23(34-13-11-19-24(30)31-16-32-25(19)34)22(36-28(4,5)35)15-29(17,6)12-10-18-8-9-20-21(14-18)33-26(37-7)27(20,2)3/h8-9,11,13-14,16-17,22-23,35H,10,12,15H2,1-7H3,(H2,30,31,32)/t17-,22-,23?,29?/m1/s1. The van der Waals surface area contributed by atoms with Crippen molar-refractivity contribution >= 4 is 39.3 Å². The summed E-state index contributed by atoms with van der Waals surface area (Å²) >= 11 is 1.74. The van der Waals surface area contributed by atoms with E-state index >= 15 is 0 Å². The quantitative estimate of drug-likeness (QED) is 0.384. The Hall–Kier alpha value is -2.42.